The molecule has 0 fully saturated rings. The highest BCUT2D eigenvalue weighted by Gasteiger charge is 2.16. The Kier molecular flexibility index (Phi) is 6.46. The van der Waals surface area contributed by atoms with E-state index in [9.17, 15) is 14.9 Å². The van der Waals surface area contributed by atoms with E-state index in [1.807, 2.05) is 12.1 Å². The number of thioether (sulfide) groups is 1. The van der Waals surface area contributed by atoms with Crippen molar-refractivity contribution in [2.24, 2.45) is 0 Å². The molecule has 9 heteroatoms. The molecule has 2 aromatic carbocycles. The molecule has 2 rings (SSSR count). The van der Waals surface area contributed by atoms with Gasteiger partial charge in [0.2, 0.25) is 5.91 Å². The molecule has 0 aliphatic carbocycles. The number of carbonyl (C=O) groups excluding carboxylic acids is 1. The molecule has 0 atom stereocenters. The Hall–Kier alpha value is -1.09. The van der Waals surface area contributed by atoms with Crippen molar-refractivity contribution < 1.29 is 9.72 Å². The fourth-order valence-electron chi connectivity index (χ4n) is 1.64. The standard InChI is InChI=1S/C14H9Br2ClN2O3S/c15-11-5-9(19(21)22)6-12(16)14(11)18-13(20)7-23-10-3-1-8(17)2-4-10/h1-6H,7H2,(H,18,20). The minimum Gasteiger partial charge on any atom is -0.323 e. The lowest BCUT2D eigenvalue weighted by molar-refractivity contribution is -0.385. The maximum atomic E-state index is 12.0. The van der Waals surface area contributed by atoms with E-state index in [0.29, 0.717) is 19.7 Å². The van der Waals surface area contributed by atoms with Gasteiger partial charge in [0, 0.05) is 31.0 Å². The van der Waals surface area contributed by atoms with Gasteiger partial charge >= 0.3 is 0 Å². The van der Waals surface area contributed by atoms with E-state index in [0.717, 1.165) is 4.90 Å². The molecule has 0 spiro atoms. The fourth-order valence-corrected chi connectivity index (χ4v) is 3.82. The lowest BCUT2D eigenvalue weighted by Gasteiger charge is -2.09. The Morgan fingerprint density at radius 1 is 1.22 bits per heavy atom. The van der Waals surface area contributed by atoms with E-state index in [4.69, 9.17) is 11.6 Å². The van der Waals surface area contributed by atoms with Gasteiger partial charge in [-0.1, -0.05) is 11.6 Å². The summed E-state index contributed by atoms with van der Waals surface area (Å²) in [6.45, 7) is 0. The van der Waals surface area contributed by atoms with Gasteiger partial charge in [0.25, 0.3) is 5.69 Å². The first kappa shape index (κ1) is 18.3. The molecule has 0 bridgehead atoms. The van der Waals surface area contributed by atoms with Gasteiger partial charge in [-0.25, -0.2) is 0 Å². The first-order chi connectivity index (χ1) is 10.9. The number of hydrogen-bond donors (Lipinski definition) is 1. The highest BCUT2D eigenvalue weighted by molar-refractivity contribution is 9.11. The minimum atomic E-state index is -0.502. The van der Waals surface area contributed by atoms with Crippen molar-refractivity contribution >= 4 is 72.5 Å². The number of carbonyl (C=O) groups is 1. The quantitative estimate of drug-likeness (QED) is 0.348. The number of nitro groups is 1. The van der Waals surface area contributed by atoms with Crippen LogP contribution >= 0.6 is 55.2 Å². The van der Waals surface area contributed by atoms with Crippen molar-refractivity contribution in [1.29, 1.82) is 0 Å². The molecule has 0 heterocycles. The highest BCUT2D eigenvalue weighted by Crippen LogP contribution is 2.35. The molecule has 0 aliphatic rings. The zero-order valence-corrected chi connectivity index (χ0v) is 16.1. The number of halogens is 3. The summed E-state index contributed by atoms with van der Waals surface area (Å²) in [5, 5.41) is 14.1. The Labute approximate surface area is 158 Å². The number of rotatable bonds is 5. The molecular formula is C14H9Br2ClN2O3S. The Morgan fingerprint density at radius 3 is 2.30 bits per heavy atom. The molecule has 0 saturated carbocycles. The van der Waals surface area contributed by atoms with Crippen LogP contribution < -0.4 is 5.32 Å². The summed E-state index contributed by atoms with van der Waals surface area (Å²) in [7, 11) is 0. The monoisotopic (exact) mass is 478 g/mol. The Morgan fingerprint density at radius 2 is 1.78 bits per heavy atom. The molecule has 2 aromatic rings. The van der Waals surface area contributed by atoms with E-state index in [1.165, 1.54) is 23.9 Å². The highest BCUT2D eigenvalue weighted by atomic mass is 79.9. The third-order valence-corrected chi connectivity index (χ3v) is 5.20. The van der Waals surface area contributed by atoms with Crippen molar-refractivity contribution in [2.75, 3.05) is 11.1 Å². The molecule has 23 heavy (non-hydrogen) atoms. The molecule has 5 nitrogen and oxygen atoms in total. The first-order valence-electron chi connectivity index (χ1n) is 6.18. The van der Waals surface area contributed by atoms with Gasteiger partial charge in [-0.2, -0.15) is 0 Å². The zero-order chi connectivity index (χ0) is 17.0. The number of anilines is 1. The topological polar surface area (TPSA) is 72.2 Å². The second kappa shape index (κ2) is 8.14. The van der Waals surface area contributed by atoms with Gasteiger partial charge in [0.05, 0.1) is 16.4 Å². The van der Waals surface area contributed by atoms with Crippen LogP contribution in [-0.4, -0.2) is 16.6 Å². The van der Waals surface area contributed by atoms with Gasteiger partial charge in [-0.05, 0) is 56.1 Å². The molecule has 0 saturated heterocycles. The van der Waals surface area contributed by atoms with Crippen molar-refractivity contribution in [3.63, 3.8) is 0 Å². The van der Waals surface area contributed by atoms with E-state index in [2.05, 4.69) is 37.2 Å². The second-order valence-corrected chi connectivity index (χ2v) is 7.53. The van der Waals surface area contributed by atoms with E-state index >= 15 is 0 Å². The normalized spacial score (nSPS) is 10.4. The van der Waals surface area contributed by atoms with Gasteiger partial charge in [0.1, 0.15) is 0 Å². The molecule has 1 amide bonds. The van der Waals surface area contributed by atoms with Gasteiger partial charge in [0.15, 0.2) is 0 Å². The molecule has 120 valence electrons. The number of benzene rings is 2. The van der Waals surface area contributed by atoms with Gasteiger partial charge in [-0.15, -0.1) is 11.8 Å². The molecule has 0 aromatic heterocycles. The lowest BCUT2D eigenvalue weighted by Crippen LogP contribution is -2.15. The number of nitrogens with one attached hydrogen (secondary N) is 1. The number of non-ortho nitro benzene ring substituents is 1. The summed E-state index contributed by atoms with van der Waals surface area (Å²) in [6.07, 6.45) is 0. The van der Waals surface area contributed by atoms with Crippen molar-refractivity contribution in [3.8, 4) is 0 Å². The predicted molar refractivity (Wildman–Crippen MR) is 99.3 cm³/mol. The molecule has 0 aliphatic heterocycles. The van der Waals surface area contributed by atoms with E-state index in [1.54, 1.807) is 12.1 Å². The number of hydrogen-bond acceptors (Lipinski definition) is 4. The van der Waals surface area contributed by atoms with Crippen molar-refractivity contribution in [1.82, 2.24) is 0 Å². The summed E-state index contributed by atoms with van der Waals surface area (Å²) in [5.74, 6) is -0.0162. The van der Waals surface area contributed by atoms with Crippen molar-refractivity contribution in [2.45, 2.75) is 4.90 Å². The third kappa shape index (κ3) is 5.20. The zero-order valence-electron chi connectivity index (χ0n) is 11.4. The molecule has 0 unspecified atom stereocenters. The summed E-state index contributed by atoms with van der Waals surface area (Å²) in [5.41, 5.74) is 0.384. The van der Waals surface area contributed by atoms with Crippen LogP contribution in [0.1, 0.15) is 0 Å². The van der Waals surface area contributed by atoms with Crippen molar-refractivity contribution in [3.05, 3.63) is 60.5 Å². The van der Waals surface area contributed by atoms with Crippen LogP contribution in [0.3, 0.4) is 0 Å². The Balaban J connectivity index is 2.02. The first-order valence-corrected chi connectivity index (χ1v) is 9.13. The summed E-state index contributed by atoms with van der Waals surface area (Å²) >= 11 is 13.6. The largest absolute Gasteiger partial charge is 0.323 e. The maximum Gasteiger partial charge on any atom is 0.271 e. The smallest absolute Gasteiger partial charge is 0.271 e. The maximum absolute atomic E-state index is 12.0. The van der Waals surface area contributed by atoms with Crippen LogP contribution in [0.15, 0.2) is 50.2 Å². The van der Waals surface area contributed by atoms with Gasteiger partial charge < -0.3 is 5.32 Å². The Bertz CT molecular complexity index is 733. The lowest BCUT2D eigenvalue weighted by atomic mass is 10.3. The van der Waals surface area contributed by atoms with Crippen LogP contribution in [0.25, 0.3) is 0 Å². The van der Waals surface area contributed by atoms with Crippen LogP contribution in [0.5, 0.6) is 0 Å². The average molecular weight is 481 g/mol. The van der Waals surface area contributed by atoms with Gasteiger partial charge in [-0.3, -0.25) is 14.9 Å². The SMILES string of the molecule is O=C(CSc1ccc(Cl)cc1)Nc1c(Br)cc([N+](=O)[O-])cc1Br. The number of nitrogens with zero attached hydrogens (tertiary/aromatic N) is 1. The van der Waals surface area contributed by atoms with Crippen LogP contribution in [-0.2, 0) is 4.79 Å². The van der Waals surface area contributed by atoms with Crippen LogP contribution in [0.4, 0.5) is 11.4 Å². The molecule has 1 N–H and O–H groups in total. The summed E-state index contributed by atoms with van der Waals surface area (Å²) < 4.78 is 0.867. The van der Waals surface area contributed by atoms with Crippen LogP contribution in [0, 0.1) is 10.1 Å². The average Bonchev–Trinajstić information content (AvgIpc) is 2.50. The molecular weight excluding hydrogens is 471 g/mol. The third-order valence-electron chi connectivity index (χ3n) is 2.69. The molecule has 0 radical (unpaired) electrons. The predicted octanol–water partition coefficient (Wildman–Crippen LogP) is 5.50. The van der Waals surface area contributed by atoms with Crippen LogP contribution in [0.2, 0.25) is 5.02 Å². The van der Waals surface area contributed by atoms with E-state index < -0.39 is 4.92 Å². The fraction of sp³-hybridized carbons (Fsp3) is 0.0714. The summed E-state index contributed by atoms with van der Waals surface area (Å²) in [4.78, 5) is 23.2. The minimum absolute atomic E-state index is 0.0720. The number of nitro benzene ring substituents is 1. The number of amides is 1. The van der Waals surface area contributed by atoms with E-state index in [-0.39, 0.29) is 17.3 Å². The summed E-state index contributed by atoms with van der Waals surface area (Å²) in [6, 6.07) is 9.85. The second-order valence-electron chi connectivity index (χ2n) is 4.33.